The Morgan fingerprint density at radius 1 is 1.21 bits per heavy atom. The summed E-state index contributed by atoms with van der Waals surface area (Å²) in [6, 6.07) is 12.9. The van der Waals surface area contributed by atoms with E-state index in [2.05, 4.69) is 10.2 Å². The van der Waals surface area contributed by atoms with Crippen molar-refractivity contribution in [2.24, 2.45) is 10.7 Å². The van der Waals surface area contributed by atoms with Crippen LogP contribution < -0.4 is 10.5 Å². The molecule has 1 amide bonds. The molecule has 0 spiro atoms. The summed E-state index contributed by atoms with van der Waals surface area (Å²) in [5, 5.41) is 9.38. The summed E-state index contributed by atoms with van der Waals surface area (Å²) >= 11 is 6.15. The minimum absolute atomic E-state index is 0.0166. The number of carbonyl (C=O) groups excluding carboxylic acids is 1. The molecular formula is C24H25ClN6O2. The van der Waals surface area contributed by atoms with E-state index in [0.717, 1.165) is 34.8 Å². The molecule has 33 heavy (non-hydrogen) atoms. The third-order valence-electron chi connectivity index (χ3n) is 6.20. The number of ether oxygens (including phenoxy) is 1. The van der Waals surface area contributed by atoms with Crippen molar-refractivity contribution < 1.29 is 9.53 Å². The number of halogens is 1. The van der Waals surface area contributed by atoms with E-state index in [1.54, 1.807) is 7.11 Å². The SMILES string of the molecule is COc1ccc2c(c1)C(c1ccc(Cl)cc1)=NC(CC(=O)N1CCC(N)C1)c1nnc(C)n1-2. The van der Waals surface area contributed by atoms with Gasteiger partial charge in [0.2, 0.25) is 5.91 Å². The van der Waals surface area contributed by atoms with E-state index in [0.29, 0.717) is 29.7 Å². The summed E-state index contributed by atoms with van der Waals surface area (Å²) in [6.07, 6.45) is 1.00. The maximum absolute atomic E-state index is 13.2. The average molecular weight is 465 g/mol. The molecule has 0 radical (unpaired) electrons. The van der Waals surface area contributed by atoms with E-state index < -0.39 is 6.04 Å². The molecule has 0 aliphatic carbocycles. The second kappa shape index (κ2) is 8.61. The molecule has 5 rings (SSSR count). The largest absolute Gasteiger partial charge is 0.497 e. The van der Waals surface area contributed by atoms with Crippen LogP contribution in [0.15, 0.2) is 47.5 Å². The zero-order valence-corrected chi connectivity index (χ0v) is 19.3. The second-order valence-corrected chi connectivity index (χ2v) is 8.85. The van der Waals surface area contributed by atoms with Crippen molar-refractivity contribution in [2.45, 2.75) is 31.8 Å². The summed E-state index contributed by atoms with van der Waals surface area (Å²) in [5.74, 6) is 2.09. The topological polar surface area (TPSA) is 98.6 Å². The number of carbonyl (C=O) groups is 1. The zero-order valence-electron chi connectivity index (χ0n) is 18.5. The molecule has 1 aromatic heterocycles. The first kappa shape index (κ1) is 21.6. The fourth-order valence-corrected chi connectivity index (χ4v) is 4.61. The zero-order chi connectivity index (χ0) is 23.1. The van der Waals surface area contributed by atoms with Gasteiger partial charge in [-0.05, 0) is 43.7 Å². The lowest BCUT2D eigenvalue weighted by molar-refractivity contribution is -0.130. The summed E-state index contributed by atoms with van der Waals surface area (Å²) in [4.78, 5) is 20.1. The Hall–Kier alpha value is -3.23. The van der Waals surface area contributed by atoms with Crippen LogP contribution in [0.1, 0.15) is 41.7 Å². The molecule has 1 fully saturated rings. The molecule has 9 heteroatoms. The second-order valence-electron chi connectivity index (χ2n) is 8.42. The van der Waals surface area contributed by atoms with Gasteiger partial charge in [-0.15, -0.1) is 10.2 Å². The number of aliphatic imine (C=N–C) groups is 1. The van der Waals surface area contributed by atoms with Crippen LogP contribution in [0.25, 0.3) is 5.69 Å². The minimum Gasteiger partial charge on any atom is -0.497 e. The van der Waals surface area contributed by atoms with Gasteiger partial charge in [-0.2, -0.15) is 0 Å². The van der Waals surface area contributed by atoms with Gasteiger partial charge in [-0.3, -0.25) is 14.4 Å². The number of aromatic nitrogens is 3. The molecule has 0 bridgehead atoms. The van der Waals surface area contributed by atoms with Crippen LogP contribution in [0, 0.1) is 6.92 Å². The Morgan fingerprint density at radius 2 is 2.00 bits per heavy atom. The molecule has 2 unspecified atom stereocenters. The van der Waals surface area contributed by atoms with E-state index in [4.69, 9.17) is 27.1 Å². The van der Waals surface area contributed by atoms with E-state index in [1.165, 1.54) is 0 Å². The van der Waals surface area contributed by atoms with Crippen molar-refractivity contribution in [1.82, 2.24) is 19.7 Å². The van der Waals surface area contributed by atoms with Crippen molar-refractivity contribution in [3.63, 3.8) is 0 Å². The number of nitrogens with two attached hydrogens (primary N) is 1. The quantitative estimate of drug-likeness (QED) is 0.639. The third kappa shape index (κ3) is 4.00. The lowest BCUT2D eigenvalue weighted by atomic mass is 10.00. The Kier molecular flexibility index (Phi) is 5.64. The molecule has 3 aromatic rings. The van der Waals surface area contributed by atoms with Gasteiger partial charge < -0.3 is 15.4 Å². The van der Waals surface area contributed by atoms with E-state index in [9.17, 15) is 4.79 Å². The number of amides is 1. The van der Waals surface area contributed by atoms with Crippen LogP contribution >= 0.6 is 11.6 Å². The van der Waals surface area contributed by atoms with Crippen LogP contribution in [0.4, 0.5) is 0 Å². The van der Waals surface area contributed by atoms with Crippen LogP contribution in [0.3, 0.4) is 0 Å². The predicted octanol–water partition coefficient (Wildman–Crippen LogP) is 3.08. The highest BCUT2D eigenvalue weighted by Gasteiger charge is 2.32. The summed E-state index contributed by atoms with van der Waals surface area (Å²) in [7, 11) is 1.63. The average Bonchev–Trinajstić information content (AvgIpc) is 3.39. The lowest BCUT2D eigenvalue weighted by Crippen LogP contribution is -2.32. The van der Waals surface area contributed by atoms with Gasteiger partial charge >= 0.3 is 0 Å². The maximum atomic E-state index is 13.2. The Morgan fingerprint density at radius 3 is 2.70 bits per heavy atom. The first-order valence-corrected chi connectivity index (χ1v) is 11.3. The molecule has 3 heterocycles. The number of aryl methyl sites for hydroxylation is 1. The standard InChI is InChI=1S/C24H25ClN6O2/c1-14-28-29-24-20(12-22(32)30-10-9-17(26)13-30)27-23(15-3-5-16(25)6-4-15)19-11-18(33-2)7-8-21(19)31(14)24/h3-8,11,17,20H,9-10,12-13,26H2,1-2H3. The molecule has 8 nitrogen and oxygen atoms in total. The highest BCUT2D eigenvalue weighted by molar-refractivity contribution is 6.30. The van der Waals surface area contributed by atoms with Crippen molar-refractivity contribution in [3.8, 4) is 11.4 Å². The van der Waals surface area contributed by atoms with Gasteiger partial charge in [0.05, 0.1) is 24.9 Å². The number of hydrogen-bond donors (Lipinski definition) is 1. The lowest BCUT2D eigenvalue weighted by Gasteiger charge is -2.18. The van der Waals surface area contributed by atoms with Crippen LogP contribution in [0.2, 0.25) is 5.02 Å². The Labute approximate surface area is 197 Å². The third-order valence-corrected chi connectivity index (χ3v) is 6.45. The number of benzene rings is 2. The normalized spacial score (nSPS) is 19.5. The molecule has 0 saturated carbocycles. The molecule has 2 aliphatic heterocycles. The number of rotatable bonds is 4. The molecule has 2 N–H and O–H groups in total. The highest BCUT2D eigenvalue weighted by Crippen LogP contribution is 2.35. The number of nitrogens with zero attached hydrogens (tertiary/aromatic N) is 5. The summed E-state index contributed by atoms with van der Waals surface area (Å²) in [5.41, 5.74) is 9.43. The number of likely N-dealkylation sites (tertiary alicyclic amines) is 1. The van der Waals surface area contributed by atoms with Gasteiger partial charge in [0, 0.05) is 35.3 Å². The fraction of sp³-hybridized carbons (Fsp3) is 0.333. The van der Waals surface area contributed by atoms with Crippen molar-refractivity contribution >= 4 is 23.2 Å². The maximum Gasteiger partial charge on any atom is 0.225 e. The minimum atomic E-state index is -0.500. The van der Waals surface area contributed by atoms with Crippen LogP contribution in [-0.2, 0) is 4.79 Å². The molecule has 2 aromatic carbocycles. The van der Waals surface area contributed by atoms with Crippen molar-refractivity contribution in [2.75, 3.05) is 20.2 Å². The summed E-state index contributed by atoms with van der Waals surface area (Å²) in [6.45, 7) is 3.14. The smallest absolute Gasteiger partial charge is 0.225 e. The van der Waals surface area contributed by atoms with Crippen LogP contribution in [-0.4, -0.2) is 57.5 Å². The number of methoxy groups -OCH3 is 1. The van der Waals surface area contributed by atoms with Crippen molar-refractivity contribution in [1.29, 1.82) is 0 Å². The molecule has 2 atom stereocenters. The van der Waals surface area contributed by atoms with Crippen molar-refractivity contribution in [3.05, 3.63) is 70.3 Å². The number of fused-ring (bicyclic) bond motifs is 3. The molecular weight excluding hydrogens is 440 g/mol. The van der Waals surface area contributed by atoms with Gasteiger partial charge in [0.25, 0.3) is 0 Å². The Bertz CT molecular complexity index is 1240. The molecule has 170 valence electrons. The fourth-order valence-electron chi connectivity index (χ4n) is 4.49. The van der Waals surface area contributed by atoms with Gasteiger partial charge in [-0.1, -0.05) is 23.7 Å². The number of hydrogen-bond acceptors (Lipinski definition) is 6. The summed E-state index contributed by atoms with van der Waals surface area (Å²) < 4.78 is 7.48. The first-order valence-electron chi connectivity index (χ1n) is 10.9. The predicted molar refractivity (Wildman–Crippen MR) is 126 cm³/mol. The Balaban J connectivity index is 1.66. The van der Waals surface area contributed by atoms with E-state index in [1.807, 2.05) is 58.9 Å². The van der Waals surface area contributed by atoms with Crippen LogP contribution in [0.5, 0.6) is 5.75 Å². The van der Waals surface area contributed by atoms with E-state index in [-0.39, 0.29) is 18.4 Å². The first-order chi connectivity index (χ1) is 15.9. The van der Waals surface area contributed by atoms with Gasteiger partial charge in [-0.25, -0.2) is 0 Å². The molecule has 2 aliphatic rings. The van der Waals surface area contributed by atoms with Gasteiger partial charge in [0.15, 0.2) is 5.82 Å². The highest BCUT2D eigenvalue weighted by atomic mass is 35.5. The van der Waals surface area contributed by atoms with Gasteiger partial charge in [0.1, 0.15) is 17.6 Å². The monoisotopic (exact) mass is 464 g/mol. The molecule has 1 saturated heterocycles. The van der Waals surface area contributed by atoms with E-state index >= 15 is 0 Å².